The fraction of sp³-hybridized carbons (Fsp3) is 0.500. The monoisotopic (exact) mass is 494 g/mol. The first-order valence-corrected chi connectivity index (χ1v) is 11.5. The normalized spacial score (nSPS) is 39.4. The maximum absolute atomic E-state index is 10.3. The van der Waals surface area contributed by atoms with Crippen molar-refractivity contribution >= 4 is 11.6 Å². The van der Waals surface area contributed by atoms with Crippen molar-refractivity contribution in [1.82, 2.24) is 0 Å². The minimum absolute atomic E-state index is 0.143. The van der Waals surface area contributed by atoms with E-state index in [0.717, 1.165) is 0 Å². The maximum Gasteiger partial charge on any atom is 0.261 e. The predicted octanol–water partition coefficient (Wildman–Crippen LogP) is 1.60. The Hall–Kier alpha value is -1.79. The third kappa shape index (κ3) is 3.55. The van der Waals surface area contributed by atoms with Crippen LogP contribution < -0.4 is 4.74 Å². The average Bonchev–Trinajstić information content (AvgIpc) is 2.81. The molecule has 34 heavy (non-hydrogen) atoms. The van der Waals surface area contributed by atoms with Gasteiger partial charge in [0.25, 0.3) is 5.79 Å². The lowest BCUT2D eigenvalue weighted by molar-refractivity contribution is -0.633. The first-order valence-electron chi connectivity index (χ1n) is 11.1. The van der Waals surface area contributed by atoms with E-state index >= 15 is 0 Å². The van der Waals surface area contributed by atoms with Crippen LogP contribution in [0.1, 0.15) is 29.9 Å². The van der Waals surface area contributed by atoms with E-state index in [0.29, 0.717) is 18.4 Å². The van der Waals surface area contributed by atoms with Crippen molar-refractivity contribution in [3.8, 4) is 5.75 Å². The van der Waals surface area contributed by atoms with Crippen molar-refractivity contribution in [1.29, 1.82) is 0 Å². The molecule has 4 N–H and O–H groups in total. The van der Waals surface area contributed by atoms with Gasteiger partial charge < -0.3 is 34.6 Å². The molecule has 9 nitrogen and oxygen atoms in total. The van der Waals surface area contributed by atoms with Gasteiger partial charge in [0.1, 0.15) is 30.2 Å². The van der Waals surface area contributed by atoms with E-state index in [1.54, 1.807) is 18.2 Å². The highest BCUT2D eigenvalue weighted by molar-refractivity contribution is 6.33. The van der Waals surface area contributed by atoms with Crippen LogP contribution in [0.2, 0.25) is 5.02 Å². The molecule has 1 spiro atoms. The molecule has 6 unspecified atom stereocenters. The highest BCUT2D eigenvalue weighted by Crippen LogP contribution is 2.64. The van der Waals surface area contributed by atoms with Crippen LogP contribution in [0.4, 0.5) is 0 Å². The van der Waals surface area contributed by atoms with Gasteiger partial charge in [-0.05, 0) is 30.4 Å². The molecule has 3 aliphatic rings. The standard InChI is InChI=1S/C24H27ClO9/c1-30-24(23(33-34-24)10-14(11-23)13-6-3-2-4-7-13)15-8-5-9-16(18(15)25)31-22-21(29)20(28)19(27)17(12-26)32-22/h2-9,14,17,19-22,26-29H,10-12H2,1H3. The lowest BCUT2D eigenvalue weighted by Crippen LogP contribution is -2.70. The van der Waals surface area contributed by atoms with Crippen LogP contribution >= 0.6 is 11.6 Å². The second kappa shape index (κ2) is 9.02. The number of benzene rings is 2. The number of aliphatic hydroxyl groups excluding tert-OH is 4. The van der Waals surface area contributed by atoms with Crippen LogP contribution in [-0.2, 0) is 25.0 Å². The third-order valence-corrected chi connectivity index (χ3v) is 7.43. The molecule has 0 aromatic heterocycles. The second-order valence-electron chi connectivity index (χ2n) is 8.93. The van der Waals surface area contributed by atoms with Gasteiger partial charge in [-0.3, -0.25) is 0 Å². The molecule has 1 saturated carbocycles. The van der Waals surface area contributed by atoms with Crippen LogP contribution in [0.5, 0.6) is 5.75 Å². The number of hydrogen-bond acceptors (Lipinski definition) is 9. The second-order valence-corrected chi connectivity index (χ2v) is 9.31. The number of aliphatic hydroxyl groups is 4. The Morgan fingerprint density at radius 3 is 2.32 bits per heavy atom. The predicted molar refractivity (Wildman–Crippen MR) is 118 cm³/mol. The molecule has 0 amide bonds. The molecular formula is C24H27ClO9. The van der Waals surface area contributed by atoms with Crippen LogP contribution in [0.25, 0.3) is 0 Å². The fourth-order valence-corrected chi connectivity index (χ4v) is 5.33. The van der Waals surface area contributed by atoms with Gasteiger partial charge >= 0.3 is 0 Å². The van der Waals surface area contributed by atoms with E-state index in [-0.39, 0.29) is 16.7 Å². The Morgan fingerprint density at radius 2 is 1.71 bits per heavy atom. The Balaban J connectivity index is 1.39. The third-order valence-electron chi connectivity index (χ3n) is 7.04. The first-order chi connectivity index (χ1) is 16.4. The summed E-state index contributed by atoms with van der Waals surface area (Å²) in [5.74, 6) is -0.833. The first kappa shape index (κ1) is 23.9. The van der Waals surface area contributed by atoms with E-state index in [4.69, 9.17) is 35.6 Å². The molecule has 2 saturated heterocycles. The topological polar surface area (TPSA) is 127 Å². The summed E-state index contributed by atoms with van der Waals surface area (Å²) < 4.78 is 17.1. The van der Waals surface area contributed by atoms with E-state index in [1.807, 2.05) is 18.2 Å². The van der Waals surface area contributed by atoms with Crippen LogP contribution in [0.3, 0.4) is 0 Å². The van der Waals surface area contributed by atoms with Crippen molar-refractivity contribution in [3.63, 3.8) is 0 Å². The summed E-state index contributed by atoms with van der Waals surface area (Å²) in [5, 5.41) is 39.9. The Kier molecular flexibility index (Phi) is 6.34. The molecule has 2 heterocycles. The molecule has 0 radical (unpaired) electrons. The van der Waals surface area contributed by atoms with Gasteiger partial charge in [-0.1, -0.05) is 54.1 Å². The van der Waals surface area contributed by atoms with Crippen LogP contribution in [0.15, 0.2) is 48.5 Å². The maximum atomic E-state index is 10.3. The molecule has 184 valence electrons. The summed E-state index contributed by atoms with van der Waals surface area (Å²) >= 11 is 6.71. The number of hydrogen-bond donors (Lipinski definition) is 4. The smallest absolute Gasteiger partial charge is 0.261 e. The quantitative estimate of drug-likeness (QED) is 0.443. The summed E-state index contributed by atoms with van der Waals surface area (Å²) in [7, 11) is 1.52. The number of methoxy groups -OCH3 is 1. The average molecular weight is 495 g/mol. The molecule has 2 aliphatic heterocycles. The van der Waals surface area contributed by atoms with Gasteiger partial charge in [-0.25, -0.2) is 4.89 Å². The highest BCUT2D eigenvalue weighted by Gasteiger charge is 2.72. The summed E-state index contributed by atoms with van der Waals surface area (Å²) in [5.41, 5.74) is 0.962. The van der Waals surface area contributed by atoms with Crippen molar-refractivity contribution in [2.45, 2.75) is 60.9 Å². The Bertz CT molecular complexity index is 1010. The summed E-state index contributed by atoms with van der Waals surface area (Å²) in [6.45, 7) is -0.568. The number of ether oxygens (including phenoxy) is 3. The Labute approximate surface area is 201 Å². The van der Waals surface area contributed by atoms with E-state index in [2.05, 4.69) is 12.1 Å². The van der Waals surface area contributed by atoms with E-state index in [1.165, 1.54) is 12.7 Å². The minimum atomic E-state index is -1.57. The molecule has 6 atom stereocenters. The summed E-state index contributed by atoms with van der Waals surface area (Å²) in [6.07, 6.45) is -5.78. The van der Waals surface area contributed by atoms with Gasteiger partial charge in [-0.15, -0.1) is 0 Å². The summed E-state index contributed by atoms with van der Waals surface area (Å²) in [6, 6.07) is 15.1. The molecule has 1 aliphatic carbocycles. The van der Waals surface area contributed by atoms with E-state index < -0.39 is 48.7 Å². The molecule has 0 bridgehead atoms. The number of rotatable bonds is 6. The SMILES string of the molecule is COC1(c2cccc(OC3OC(CO)C(O)C(O)C3O)c2Cl)OOC12CC(c1ccccc1)C2. The van der Waals surface area contributed by atoms with E-state index in [9.17, 15) is 20.4 Å². The lowest BCUT2D eigenvalue weighted by Gasteiger charge is -2.62. The molecular weight excluding hydrogens is 468 g/mol. The zero-order valence-corrected chi connectivity index (χ0v) is 19.2. The van der Waals surface area contributed by atoms with Crippen LogP contribution in [0, 0.1) is 0 Å². The van der Waals surface area contributed by atoms with Gasteiger partial charge in [0.05, 0.1) is 11.6 Å². The molecule has 10 heteroatoms. The summed E-state index contributed by atoms with van der Waals surface area (Å²) in [4.78, 5) is 11.2. The minimum Gasteiger partial charge on any atom is -0.460 e. The van der Waals surface area contributed by atoms with Crippen molar-refractivity contribution < 1.29 is 44.4 Å². The van der Waals surface area contributed by atoms with Gasteiger partial charge in [0.15, 0.2) is 5.60 Å². The number of halogens is 1. The zero-order chi connectivity index (χ0) is 24.1. The molecule has 2 aromatic carbocycles. The molecule has 2 aromatic rings. The fourth-order valence-electron chi connectivity index (χ4n) is 5.04. The zero-order valence-electron chi connectivity index (χ0n) is 18.4. The Morgan fingerprint density at radius 1 is 0.971 bits per heavy atom. The van der Waals surface area contributed by atoms with Crippen molar-refractivity contribution in [3.05, 3.63) is 64.7 Å². The largest absolute Gasteiger partial charge is 0.460 e. The van der Waals surface area contributed by atoms with Crippen molar-refractivity contribution in [2.75, 3.05) is 13.7 Å². The van der Waals surface area contributed by atoms with Gasteiger partial charge in [0, 0.05) is 12.7 Å². The van der Waals surface area contributed by atoms with Gasteiger partial charge in [0.2, 0.25) is 6.29 Å². The molecule has 3 fully saturated rings. The lowest BCUT2D eigenvalue weighted by atomic mass is 9.61. The van der Waals surface area contributed by atoms with Crippen LogP contribution in [-0.4, -0.2) is 70.4 Å². The van der Waals surface area contributed by atoms with Gasteiger partial charge in [-0.2, -0.15) is 4.89 Å². The molecule has 5 rings (SSSR count). The van der Waals surface area contributed by atoms with Crippen molar-refractivity contribution in [2.24, 2.45) is 0 Å². The highest BCUT2D eigenvalue weighted by atomic mass is 35.5.